The monoisotopic (exact) mass is 393 g/mol. The van der Waals surface area contributed by atoms with E-state index >= 15 is 0 Å². The Labute approximate surface area is 159 Å². The fraction of sp³-hybridized carbons (Fsp3) is 0.889. The Bertz CT molecular complexity index is 338. The van der Waals surface area contributed by atoms with E-state index in [2.05, 4.69) is 18.5 Å². The number of carbonyl (C=O) groups excluding carboxylic acids is 2. The lowest BCUT2D eigenvalue weighted by molar-refractivity contribution is -0.142. The zero-order chi connectivity index (χ0) is 19.6. The van der Waals surface area contributed by atoms with E-state index in [4.69, 9.17) is 18.5 Å². The molecule has 0 bridgehead atoms. The Morgan fingerprint density at radius 2 is 1.08 bits per heavy atom. The molecule has 0 N–H and O–H groups in total. The van der Waals surface area contributed by atoms with Crippen molar-refractivity contribution in [1.82, 2.24) is 4.67 Å². The first-order valence-corrected chi connectivity index (χ1v) is 10.7. The number of unbranched alkanes of at least 4 members (excludes halogenated alkanes) is 4. The quantitative estimate of drug-likeness (QED) is 0.210. The molecule has 0 heterocycles. The predicted octanol–water partition coefficient (Wildman–Crippen LogP) is 4.06. The zero-order valence-electron chi connectivity index (χ0n) is 16.8. The van der Waals surface area contributed by atoms with Gasteiger partial charge in [0.2, 0.25) is 0 Å². The number of esters is 2. The minimum atomic E-state index is -1.03. The van der Waals surface area contributed by atoms with Gasteiger partial charge in [0.1, 0.15) is 0 Å². The second kappa shape index (κ2) is 17.7. The van der Waals surface area contributed by atoms with Gasteiger partial charge in [-0.2, -0.15) is 0 Å². The van der Waals surface area contributed by atoms with Gasteiger partial charge in [-0.25, -0.2) is 4.67 Å². The number of rotatable bonds is 17. The molecule has 7 nitrogen and oxygen atoms in total. The van der Waals surface area contributed by atoms with Gasteiger partial charge in [0.15, 0.2) is 0 Å². The zero-order valence-corrected chi connectivity index (χ0v) is 17.7. The maximum atomic E-state index is 10.7. The SMILES string of the molecule is CCN(CC)P(OCCCCCOC(C)=O)OCCCCCOC(C)=O. The number of hydrogen-bond donors (Lipinski definition) is 0. The first kappa shape index (κ1) is 25.2. The largest absolute Gasteiger partial charge is 0.466 e. The van der Waals surface area contributed by atoms with E-state index in [-0.39, 0.29) is 11.9 Å². The molecule has 154 valence electrons. The van der Waals surface area contributed by atoms with Crippen molar-refractivity contribution < 1.29 is 28.1 Å². The molecule has 0 spiro atoms. The van der Waals surface area contributed by atoms with Gasteiger partial charge in [0.05, 0.1) is 26.4 Å². The lowest BCUT2D eigenvalue weighted by Crippen LogP contribution is -2.20. The first-order valence-electron chi connectivity index (χ1n) is 9.58. The van der Waals surface area contributed by atoms with Gasteiger partial charge in [-0.05, 0) is 38.5 Å². The smallest absolute Gasteiger partial charge is 0.302 e. The topological polar surface area (TPSA) is 74.3 Å². The van der Waals surface area contributed by atoms with Gasteiger partial charge in [-0.3, -0.25) is 9.59 Å². The average Bonchev–Trinajstić information content (AvgIpc) is 2.59. The van der Waals surface area contributed by atoms with Crippen molar-refractivity contribution in [2.75, 3.05) is 39.5 Å². The molecule has 0 aromatic rings. The van der Waals surface area contributed by atoms with Gasteiger partial charge in [-0.15, -0.1) is 0 Å². The van der Waals surface area contributed by atoms with E-state index in [1.54, 1.807) is 0 Å². The van der Waals surface area contributed by atoms with Crippen LogP contribution in [-0.2, 0) is 28.1 Å². The first-order chi connectivity index (χ1) is 12.5. The highest BCUT2D eigenvalue weighted by Crippen LogP contribution is 2.42. The molecule has 0 unspecified atom stereocenters. The van der Waals surface area contributed by atoms with Gasteiger partial charge in [0, 0.05) is 26.9 Å². The van der Waals surface area contributed by atoms with Crippen molar-refractivity contribution in [1.29, 1.82) is 0 Å². The molecule has 0 aliphatic heterocycles. The summed E-state index contributed by atoms with van der Waals surface area (Å²) in [7, 11) is -1.03. The molecular formula is C18H36NO6P. The van der Waals surface area contributed by atoms with E-state index in [1.165, 1.54) is 13.8 Å². The molecule has 0 saturated carbocycles. The standard InChI is InChI=1S/C18H36NO6P/c1-5-19(6-2)26(24-15-11-7-9-13-22-17(3)20)25-16-12-8-10-14-23-18(4)21/h5-16H2,1-4H3. The summed E-state index contributed by atoms with van der Waals surface area (Å²) >= 11 is 0. The lowest BCUT2D eigenvalue weighted by atomic mass is 10.2. The third-order valence-corrected chi connectivity index (χ3v) is 5.39. The van der Waals surface area contributed by atoms with Gasteiger partial charge in [-0.1, -0.05) is 13.8 Å². The maximum Gasteiger partial charge on any atom is 0.302 e. The summed E-state index contributed by atoms with van der Waals surface area (Å²) in [5.74, 6) is -0.458. The minimum absolute atomic E-state index is 0.229. The molecule has 0 rings (SSSR count). The van der Waals surface area contributed by atoms with Crippen LogP contribution in [0.4, 0.5) is 0 Å². The number of carbonyl (C=O) groups is 2. The van der Waals surface area contributed by atoms with Crippen LogP contribution in [0.3, 0.4) is 0 Å². The Hall–Kier alpha value is -0.750. The molecule has 0 aliphatic rings. The lowest BCUT2D eigenvalue weighted by Gasteiger charge is -2.27. The van der Waals surface area contributed by atoms with Crippen LogP contribution >= 0.6 is 8.53 Å². The minimum Gasteiger partial charge on any atom is -0.466 e. The Morgan fingerprint density at radius 3 is 1.42 bits per heavy atom. The van der Waals surface area contributed by atoms with Crippen LogP contribution in [0.15, 0.2) is 0 Å². The van der Waals surface area contributed by atoms with Crippen LogP contribution in [0.5, 0.6) is 0 Å². The molecule has 0 aromatic heterocycles. The Kier molecular flexibility index (Phi) is 17.1. The molecule has 0 aromatic carbocycles. The molecule has 26 heavy (non-hydrogen) atoms. The second-order valence-corrected chi connectivity index (χ2v) is 7.40. The molecular weight excluding hydrogens is 357 g/mol. The second-order valence-electron chi connectivity index (χ2n) is 5.84. The molecule has 8 heteroatoms. The molecule has 0 aliphatic carbocycles. The third kappa shape index (κ3) is 15.5. The number of ether oxygens (including phenoxy) is 2. The van der Waals surface area contributed by atoms with E-state index in [9.17, 15) is 9.59 Å². The summed E-state index contributed by atoms with van der Waals surface area (Å²) < 4.78 is 24.0. The Balaban J connectivity index is 3.87. The van der Waals surface area contributed by atoms with Crippen molar-refractivity contribution >= 4 is 20.5 Å². The molecule has 0 atom stereocenters. The summed E-state index contributed by atoms with van der Waals surface area (Å²) in [6.45, 7) is 11.1. The fourth-order valence-electron chi connectivity index (χ4n) is 2.13. The summed E-state index contributed by atoms with van der Waals surface area (Å²) in [6.07, 6.45) is 5.49. The van der Waals surface area contributed by atoms with Crippen LogP contribution in [0.2, 0.25) is 0 Å². The highest BCUT2D eigenvalue weighted by atomic mass is 31.2. The summed E-state index contributed by atoms with van der Waals surface area (Å²) in [5.41, 5.74) is 0. The van der Waals surface area contributed by atoms with Crippen LogP contribution < -0.4 is 0 Å². The summed E-state index contributed by atoms with van der Waals surface area (Å²) in [5, 5.41) is 0. The van der Waals surface area contributed by atoms with Crippen molar-refractivity contribution in [3.8, 4) is 0 Å². The number of nitrogens with zero attached hydrogens (tertiary/aromatic N) is 1. The maximum absolute atomic E-state index is 10.7. The summed E-state index contributed by atoms with van der Waals surface area (Å²) in [4.78, 5) is 21.4. The third-order valence-electron chi connectivity index (χ3n) is 3.55. The van der Waals surface area contributed by atoms with E-state index < -0.39 is 8.53 Å². The van der Waals surface area contributed by atoms with E-state index in [0.29, 0.717) is 26.4 Å². The average molecular weight is 393 g/mol. The van der Waals surface area contributed by atoms with E-state index in [0.717, 1.165) is 51.6 Å². The van der Waals surface area contributed by atoms with Gasteiger partial charge in [0.25, 0.3) is 8.53 Å². The van der Waals surface area contributed by atoms with Gasteiger partial charge >= 0.3 is 11.9 Å². The Morgan fingerprint density at radius 1 is 0.692 bits per heavy atom. The van der Waals surface area contributed by atoms with Gasteiger partial charge < -0.3 is 18.5 Å². The highest BCUT2D eigenvalue weighted by molar-refractivity contribution is 7.44. The van der Waals surface area contributed by atoms with Crippen molar-refractivity contribution in [3.05, 3.63) is 0 Å². The summed E-state index contributed by atoms with van der Waals surface area (Å²) in [6, 6.07) is 0. The fourth-order valence-corrected chi connectivity index (χ4v) is 3.57. The van der Waals surface area contributed by atoms with E-state index in [1.807, 2.05) is 0 Å². The molecule has 0 radical (unpaired) electrons. The van der Waals surface area contributed by atoms with Crippen molar-refractivity contribution in [2.24, 2.45) is 0 Å². The molecule has 0 amide bonds. The normalized spacial score (nSPS) is 11.2. The van der Waals surface area contributed by atoms with Crippen LogP contribution in [0.1, 0.15) is 66.2 Å². The molecule has 0 fully saturated rings. The van der Waals surface area contributed by atoms with Crippen LogP contribution in [-0.4, -0.2) is 56.1 Å². The van der Waals surface area contributed by atoms with Crippen LogP contribution in [0.25, 0.3) is 0 Å². The number of hydrogen-bond acceptors (Lipinski definition) is 7. The van der Waals surface area contributed by atoms with Crippen molar-refractivity contribution in [3.63, 3.8) is 0 Å². The highest BCUT2D eigenvalue weighted by Gasteiger charge is 2.18. The predicted molar refractivity (Wildman–Crippen MR) is 103 cm³/mol. The van der Waals surface area contributed by atoms with Crippen LogP contribution in [0, 0.1) is 0 Å². The van der Waals surface area contributed by atoms with Crippen molar-refractivity contribution in [2.45, 2.75) is 66.2 Å². The molecule has 0 saturated heterocycles.